The number of carbonyl (C=O) groups is 2. The number of hydrogen-bond donors (Lipinski definition) is 3. The first kappa shape index (κ1) is 20.5. The van der Waals surface area contributed by atoms with Crippen molar-refractivity contribution in [2.45, 2.75) is 31.6 Å². The first-order valence-corrected chi connectivity index (χ1v) is 9.36. The van der Waals surface area contributed by atoms with Gasteiger partial charge >= 0.3 is 6.18 Å². The molecule has 0 saturated heterocycles. The summed E-state index contributed by atoms with van der Waals surface area (Å²) in [6.45, 7) is 1.81. The Kier molecular flexibility index (Phi) is 5.17. The van der Waals surface area contributed by atoms with Crippen molar-refractivity contribution in [3.8, 4) is 0 Å². The lowest BCUT2D eigenvalue weighted by Crippen LogP contribution is -2.42. The van der Waals surface area contributed by atoms with E-state index in [-0.39, 0.29) is 17.9 Å². The highest BCUT2D eigenvalue weighted by Gasteiger charge is 2.47. The lowest BCUT2D eigenvalue weighted by atomic mass is 10.0. The Morgan fingerprint density at radius 1 is 1.16 bits per heavy atom. The standard InChI is InChI=1S/C20H18F3N5O3/c1-11-4-2-5-12(8-11)18(29)25-26-19(30)14-10-17-24-13(15-6-3-7-31-15)9-16(20(21,22)23)28(17)27-14/h2-8,10,13,16,24H,9H2,1H3,(H,25,29)(H,26,30)/t13-,16-/m1/s1. The Labute approximate surface area is 174 Å². The van der Waals surface area contributed by atoms with Crippen molar-refractivity contribution in [1.82, 2.24) is 20.6 Å². The van der Waals surface area contributed by atoms with E-state index < -0.39 is 30.1 Å². The quantitative estimate of drug-likeness (QED) is 0.549. The van der Waals surface area contributed by atoms with Crippen molar-refractivity contribution >= 4 is 17.6 Å². The van der Waals surface area contributed by atoms with Crippen LogP contribution in [0.15, 0.2) is 53.1 Å². The number of fused-ring (bicyclic) bond motifs is 1. The Bertz CT molecular complexity index is 1110. The number of nitrogens with zero attached hydrogens (tertiary/aromatic N) is 2. The average molecular weight is 433 g/mol. The van der Waals surface area contributed by atoms with E-state index in [9.17, 15) is 22.8 Å². The molecule has 2 atom stereocenters. The van der Waals surface area contributed by atoms with Crippen LogP contribution < -0.4 is 16.2 Å². The van der Waals surface area contributed by atoms with Crippen molar-refractivity contribution < 1.29 is 27.2 Å². The summed E-state index contributed by atoms with van der Waals surface area (Å²) in [6.07, 6.45) is -3.56. The van der Waals surface area contributed by atoms with E-state index in [1.54, 1.807) is 30.3 Å². The number of furan rings is 1. The Morgan fingerprint density at radius 3 is 2.61 bits per heavy atom. The molecule has 11 heteroatoms. The molecule has 0 bridgehead atoms. The molecule has 0 aliphatic carbocycles. The normalized spacial score (nSPS) is 18.1. The SMILES string of the molecule is Cc1cccc(C(=O)NNC(=O)c2cc3n(n2)[C@@H](C(F)(F)F)C[C@H](c2ccco2)N3)c1. The summed E-state index contributed by atoms with van der Waals surface area (Å²) in [5.74, 6) is -1.05. The maximum absolute atomic E-state index is 13.6. The summed E-state index contributed by atoms with van der Waals surface area (Å²) < 4.78 is 46.9. The first-order valence-electron chi connectivity index (χ1n) is 9.36. The van der Waals surface area contributed by atoms with Gasteiger partial charge in [0.25, 0.3) is 11.8 Å². The average Bonchev–Trinajstić information content (AvgIpc) is 3.39. The van der Waals surface area contributed by atoms with Gasteiger partial charge in [0.15, 0.2) is 11.7 Å². The number of halogens is 3. The molecular weight excluding hydrogens is 415 g/mol. The number of hydrogen-bond acceptors (Lipinski definition) is 5. The van der Waals surface area contributed by atoms with Gasteiger partial charge in [0, 0.05) is 18.1 Å². The third-order valence-corrected chi connectivity index (χ3v) is 4.88. The number of aromatic nitrogens is 2. The van der Waals surface area contributed by atoms with E-state index in [0.717, 1.165) is 10.2 Å². The smallest absolute Gasteiger partial charge is 0.410 e. The number of benzene rings is 1. The second-order valence-corrected chi connectivity index (χ2v) is 7.14. The van der Waals surface area contributed by atoms with Crippen LogP contribution in [0.3, 0.4) is 0 Å². The molecule has 0 saturated carbocycles. The lowest BCUT2D eigenvalue weighted by molar-refractivity contribution is -0.174. The minimum absolute atomic E-state index is 0.0186. The van der Waals surface area contributed by atoms with Crippen LogP contribution in [0.2, 0.25) is 0 Å². The third-order valence-electron chi connectivity index (χ3n) is 4.88. The van der Waals surface area contributed by atoms with Gasteiger partial charge in [-0.3, -0.25) is 20.4 Å². The fourth-order valence-electron chi connectivity index (χ4n) is 3.40. The molecule has 3 heterocycles. The molecule has 0 unspecified atom stereocenters. The van der Waals surface area contributed by atoms with Gasteiger partial charge in [-0.15, -0.1) is 0 Å². The molecule has 4 rings (SSSR count). The second kappa shape index (κ2) is 7.82. The molecule has 1 aromatic carbocycles. The third kappa shape index (κ3) is 4.25. The van der Waals surface area contributed by atoms with Gasteiger partial charge in [-0.2, -0.15) is 18.3 Å². The van der Waals surface area contributed by atoms with Gasteiger partial charge in [0.1, 0.15) is 11.6 Å². The molecular formula is C20H18F3N5O3. The van der Waals surface area contributed by atoms with Crippen molar-refractivity contribution in [3.63, 3.8) is 0 Å². The topological polar surface area (TPSA) is 101 Å². The van der Waals surface area contributed by atoms with Crippen LogP contribution in [-0.2, 0) is 0 Å². The molecule has 3 N–H and O–H groups in total. The fourth-order valence-corrected chi connectivity index (χ4v) is 3.40. The fraction of sp³-hybridized carbons (Fsp3) is 0.250. The van der Waals surface area contributed by atoms with E-state index in [0.29, 0.717) is 11.3 Å². The molecule has 3 aromatic rings. The minimum atomic E-state index is -4.58. The van der Waals surface area contributed by atoms with Gasteiger partial charge in [-0.25, -0.2) is 4.68 Å². The lowest BCUT2D eigenvalue weighted by Gasteiger charge is -2.32. The number of nitrogens with one attached hydrogen (secondary N) is 3. The molecule has 1 aliphatic rings. The van der Waals surface area contributed by atoms with Gasteiger partial charge in [-0.05, 0) is 31.2 Å². The van der Waals surface area contributed by atoms with Crippen molar-refractivity contribution in [1.29, 1.82) is 0 Å². The number of carbonyl (C=O) groups excluding carboxylic acids is 2. The largest absolute Gasteiger partial charge is 0.467 e. The van der Waals surface area contributed by atoms with Crippen LogP contribution >= 0.6 is 0 Å². The molecule has 2 amide bonds. The van der Waals surface area contributed by atoms with Crippen LogP contribution in [0.5, 0.6) is 0 Å². The molecule has 2 aromatic heterocycles. The summed E-state index contributed by atoms with van der Waals surface area (Å²) in [5, 5.41) is 6.73. The minimum Gasteiger partial charge on any atom is -0.467 e. The van der Waals surface area contributed by atoms with Crippen molar-refractivity contribution in [3.05, 3.63) is 71.3 Å². The highest BCUT2D eigenvalue weighted by Crippen LogP contribution is 2.43. The maximum Gasteiger partial charge on any atom is 0.410 e. The predicted molar refractivity (Wildman–Crippen MR) is 103 cm³/mol. The number of rotatable bonds is 3. The van der Waals surface area contributed by atoms with Gasteiger partial charge in [0.2, 0.25) is 0 Å². The number of anilines is 1. The summed E-state index contributed by atoms with van der Waals surface area (Å²) >= 11 is 0. The second-order valence-electron chi connectivity index (χ2n) is 7.14. The predicted octanol–water partition coefficient (Wildman–Crippen LogP) is 3.52. The monoisotopic (exact) mass is 433 g/mol. The highest BCUT2D eigenvalue weighted by molar-refractivity contribution is 5.98. The number of alkyl halides is 3. The van der Waals surface area contributed by atoms with Crippen LogP contribution in [-0.4, -0.2) is 27.8 Å². The van der Waals surface area contributed by atoms with E-state index in [2.05, 4.69) is 21.3 Å². The first-order chi connectivity index (χ1) is 14.7. The summed E-state index contributed by atoms with van der Waals surface area (Å²) in [4.78, 5) is 24.6. The van der Waals surface area contributed by atoms with Gasteiger partial charge in [0.05, 0.1) is 12.3 Å². The summed E-state index contributed by atoms with van der Waals surface area (Å²) in [6, 6.07) is 8.37. The summed E-state index contributed by atoms with van der Waals surface area (Å²) in [5.41, 5.74) is 5.31. The van der Waals surface area contributed by atoms with Gasteiger partial charge in [-0.1, -0.05) is 17.7 Å². The Hall–Kier alpha value is -3.76. The van der Waals surface area contributed by atoms with E-state index >= 15 is 0 Å². The maximum atomic E-state index is 13.6. The van der Waals surface area contributed by atoms with Crippen LogP contribution in [0.1, 0.15) is 50.7 Å². The number of hydrazine groups is 1. The molecule has 0 radical (unpaired) electrons. The van der Waals surface area contributed by atoms with Crippen molar-refractivity contribution in [2.75, 3.05) is 5.32 Å². The Balaban J connectivity index is 1.52. The van der Waals surface area contributed by atoms with E-state index in [1.165, 1.54) is 12.3 Å². The van der Waals surface area contributed by atoms with Gasteiger partial charge < -0.3 is 9.73 Å². The van der Waals surface area contributed by atoms with E-state index in [1.807, 2.05) is 13.0 Å². The highest BCUT2D eigenvalue weighted by atomic mass is 19.4. The number of aryl methyl sites for hydroxylation is 1. The summed E-state index contributed by atoms with van der Waals surface area (Å²) in [7, 11) is 0. The molecule has 0 fully saturated rings. The zero-order valence-electron chi connectivity index (χ0n) is 16.2. The van der Waals surface area contributed by atoms with E-state index in [4.69, 9.17) is 4.42 Å². The van der Waals surface area contributed by atoms with Crippen LogP contribution in [0.4, 0.5) is 19.0 Å². The van der Waals surface area contributed by atoms with Crippen LogP contribution in [0.25, 0.3) is 0 Å². The zero-order chi connectivity index (χ0) is 22.2. The molecule has 0 spiro atoms. The molecule has 1 aliphatic heterocycles. The zero-order valence-corrected chi connectivity index (χ0v) is 16.2. The Morgan fingerprint density at radius 2 is 1.94 bits per heavy atom. The van der Waals surface area contributed by atoms with Crippen LogP contribution in [0, 0.1) is 6.92 Å². The molecule has 31 heavy (non-hydrogen) atoms. The molecule has 162 valence electrons. The molecule has 8 nitrogen and oxygen atoms in total. The number of amides is 2. The van der Waals surface area contributed by atoms with Crippen molar-refractivity contribution in [2.24, 2.45) is 0 Å².